The third-order valence-electron chi connectivity index (χ3n) is 0.655. The van der Waals surface area contributed by atoms with Gasteiger partial charge in [0, 0.05) is 6.54 Å². The molecule has 0 aliphatic heterocycles. The second kappa shape index (κ2) is 3.77. The first-order valence-corrected chi connectivity index (χ1v) is 4.00. The average Bonchev–Trinajstić information content (AvgIpc) is 1.63. The van der Waals surface area contributed by atoms with Crippen LogP contribution >= 0.6 is 7.83 Å². The topological polar surface area (TPSA) is 49.3 Å². The lowest BCUT2D eigenvalue weighted by atomic mass is 10.4. The third-order valence-corrected chi connectivity index (χ3v) is 1.27. The van der Waals surface area contributed by atoms with Crippen LogP contribution in [-0.2, 0) is 4.57 Å². The van der Waals surface area contributed by atoms with Gasteiger partial charge in [0.1, 0.15) is 0 Å². The van der Waals surface area contributed by atoms with Gasteiger partial charge < -0.3 is 4.89 Å². The Morgan fingerprint density at radius 2 is 2.44 bits per heavy atom. The molecule has 54 valence electrons. The predicted octanol–water partition coefficient (Wildman–Crippen LogP) is 1.22. The minimum Gasteiger partial charge on any atom is -0.309 e. The molecule has 0 rings (SSSR count). The van der Waals surface area contributed by atoms with Gasteiger partial charge >= 0.3 is 7.83 Å². The zero-order valence-electron chi connectivity index (χ0n) is 4.88. The van der Waals surface area contributed by atoms with E-state index in [0.29, 0.717) is 6.42 Å². The van der Waals surface area contributed by atoms with Crippen molar-refractivity contribution in [3.05, 3.63) is 12.7 Å². The van der Waals surface area contributed by atoms with Gasteiger partial charge in [-0.2, -0.15) is 0 Å². The molecule has 0 aromatic carbocycles. The quantitative estimate of drug-likeness (QED) is 0.362. The van der Waals surface area contributed by atoms with Gasteiger partial charge in [-0.1, -0.05) is 6.08 Å². The van der Waals surface area contributed by atoms with Crippen LogP contribution in [0.25, 0.3) is 0 Å². The molecule has 0 saturated carbocycles. The van der Waals surface area contributed by atoms with E-state index in [9.17, 15) is 8.76 Å². The fraction of sp³-hybridized carbons (Fsp3) is 0.500. The van der Waals surface area contributed by atoms with Gasteiger partial charge in [0.15, 0.2) is 0 Å². The molecule has 1 atom stereocenters. The van der Waals surface area contributed by atoms with Crippen molar-refractivity contribution in [3.63, 3.8) is 0 Å². The summed E-state index contributed by atoms with van der Waals surface area (Å²) in [6.07, 6.45) is 2.01. The maximum absolute atomic E-state index is 11.7. The lowest BCUT2D eigenvalue weighted by Crippen LogP contribution is -2.07. The Morgan fingerprint density at radius 1 is 1.89 bits per heavy atom. The summed E-state index contributed by atoms with van der Waals surface area (Å²) >= 11 is 0. The van der Waals surface area contributed by atoms with E-state index in [4.69, 9.17) is 4.89 Å². The Kier molecular flexibility index (Phi) is 3.70. The molecule has 5 heteroatoms. The first kappa shape index (κ1) is 8.82. The van der Waals surface area contributed by atoms with Crippen molar-refractivity contribution in [1.82, 2.24) is 5.09 Å². The van der Waals surface area contributed by atoms with E-state index in [1.54, 1.807) is 5.09 Å². The van der Waals surface area contributed by atoms with Gasteiger partial charge in [0.2, 0.25) is 0 Å². The number of rotatable bonds is 4. The third kappa shape index (κ3) is 7.82. The van der Waals surface area contributed by atoms with Crippen LogP contribution in [0, 0.1) is 0 Å². The molecule has 0 amide bonds. The van der Waals surface area contributed by atoms with Crippen LogP contribution in [0.15, 0.2) is 12.7 Å². The standard InChI is InChI=1S/C4H9FNO2P/c1-2-3-4-6-9(5,7)8/h2H,1,3-4H2,(H2,6,7,8). The Morgan fingerprint density at radius 3 is 2.78 bits per heavy atom. The van der Waals surface area contributed by atoms with Gasteiger partial charge in [-0.05, 0) is 6.42 Å². The largest absolute Gasteiger partial charge is 0.440 e. The Balaban J connectivity index is 3.28. The van der Waals surface area contributed by atoms with Crippen molar-refractivity contribution in [1.29, 1.82) is 0 Å². The molecule has 0 aliphatic carbocycles. The van der Waals surface area contributed by atoms with E-state index in [0.717, 1.165) is 0 Å². The van der Waals surface area contributed by atoms with Crippen LogP contribution in [0.3, 0.4) is 0 Å². The molecule has 0 radical (unpaired) electrons. The monoisotopic (exact) mass is 153 g/mol. The molecular weight excluding hydrogens is 144 g/mol. The van der Waals surface area contributed by atoms with Crippen LogP contribution < -0.4 is 5.09 Å². The van der Waals surface area contributed by atoms with E-state index in [-0.39, 0.29) is 6.54 Å². The summed E-state index contributed by atoms with van der Waals surface area (Å²) in [5, 5.41) is 1.80. The van der Waals surface area contributed by atoms with Crippen LogP contribution in [-0.4, -0.2) is 11.4 Å². The van der Waals surface area contributed by atoms with Crippen LogP contribution in [0.1, 0.15) is 6.42 Å². The van der Waals surface area contributed by atoms with Crippen molar-refractivity contribution in [3.8, 4) is 0 Å². The van der Waals surface area contributed by atoms with Gasteiger partial charge in [0.25, 0.3) is 0 Å². The van der Waals surface area contributed by atoms with E-state index in [1.807, 2.05) is 0 Å². The summed E-state index contributed by atoms with van der Waals surface area (Å²) in [6.45, 7) is 3.49. The fourth-order valence-corrected chi connectivity index (χ4v) is 0.709. The molecule has 0 bridgehead atoms. The Labute approximate surface area is 53.2 Å². The minimum atomic E-state index is -4.49. The number of halogens is 1. The van der Waals surface area contributed by atoms with Gasteiger partial charge in [0.05, 0.1) is 0 Å². The summed E-state index contributed by atoms with van der Waals surface area (Å²) in [6, 6.07) is 0. The summed E-state index contributed by atoms with van der Waals surface area (Å²) in [5.41, 5.74) is 0. The van der Waals surface area contributed by atoms with Crippen molar-refractivity contribution in [2.24, 2.45) is 0 Å². The van der Waals surface area contributed by atoms with Crippen molar-refractivity contribution in [2.75, 3.05) is 6.54 Å². The molecule has 0 spiro atoms. The fourth-order valence-electron chi connectivity index (χ4n) is 0.305. The second-order valence-corrected chi connectivity index (χ2v) is 2.81. The van der Waals surface area contributed by atoms with Gasteiger partial charge in [-0.3, -0.25) is 0 Å². The molecule has 3 nitrogen and oxygen atoms in total. The lowest BCUT2D eigenvalue weighted by Gasteiger charge is -1.99. The van der Waals surface area contributed by atoms with Crippen LogP contribution in [0.5, 0.6) is 0 Å². The van der Waals surface area contributed by atoms with Crippen molar-refractivity contribution < 1.29 is 13.7 Å². The molecule has 0 saturated heterocycles. The Hall–Kier alpha value is -0.180. The van der Waals surface area contributed by atoms with E-state index in [1.165, 1.54) is 6.08 Å². The van der Waals surface area contributed by atoms with Gasteiger partial charge in [-0.25, -0.2) is 9.65 Å². The van der Waals surface area contributed by atoms with E-state index < -0.39 is 7.83 Å². The molecule has 9 heavy (non-hydrogen) atoms. The molecule has 0 aliphatic rings. The normalized spacial score (nSPS) is 16.7. The smallest absolute Gasteiger partial charge is 0.309 e. The minimum absolute atomic E-state index is 0.147. The first-order chi connectivity index (χ1) is 4.06. The van der Waals surface area contributed by atoms with E-state index in [2.05, 4.69) is 6.58 Å². The summed E-state index contributed by atoms with van der Waals surface area (Å²) < 4.78 is 21.5. The van der Waals surface area contributed by atoms with Crippen molar-refractivity contribution in [2.45, 2.75) is 6.42 Å². The SMILES string of the molecule is C=CCCNP(=O)(O)F. The summed E-state index contributed by atoms with van der Waals surface area (Å²) in [5.74, 6) is 0. The maximum atomic E-state index is 11.7. The Bertz CT molecular complexity index is 133. The highest BCUT2D eigenvalue weighted by Crippen LogP contribution is 2.35. The molecule has 0 heterocycles. The number of nitrogens with one attached hydrogen (secondary N) is 1. The molecular formula is C4H9FNO2P. The molecule has 2 N–H and O–H groups in total. The number of hydrogen-bond donors (Lipinski definition) is 2. The maximum Gasteiger partial charge on any atom is 0.440 e. The zero-order chi connectivity index (χ0) is 7.33. The van der Waals surface area contributed by atoms with Gasteiger partial charge in [-0.15, -0.1) is 10.8 Å². The van der Waals surface area contributed by atoms with Crippen molar-refractivity contribution >= 4 is 7.83 Å². The van der Waals surface area contributed by atoms with Crippen LogP contribution in [0.4, 0.5) is 4.20 Å². The highest BCUT2D eigenvalue weighted by Gasteiger charge is 2.12. The average molecular weight is 153 g/mol. The highest BCUT2D eigenvalue weighted by molar-refractivity contribution is 7.50. The summed E-state index contributed by atoms with van der Waals surface area (Å²) in [7, 11) is -4.49. The lowest BCUT2D eigenvalue weighted by molar-refractivity contribution is 0.413. The molecule has 0 fully saturated rings. The highest BCUT2D eigenvalue weighted by atomic mass is 31.2. The van der Waals surface area contributed by atoms with Crippen LogP contribution in [0.2, 0.25) is 0 Å². The second-order valence-electron chi connectivity index (χ2n) is 1.49. The van der Waals surface area contributed by atoms with E-state index >= 15 is 0 Å². The summed E-state index contributed by atoms with van der Waals surface area (Å²) in [4.78, 5) is 7.99. The predicted molar refractivity (Wildman–Crippen MR) is 33.7 cm³/mol. The molecule has 1 unspecified atom stereocenters. The number of hydrogen-bond acceptors (Lipinski definition) is 1. The molecule has 0 aromatic rings. The molecule has 0 aromatic heterocycles. The zero-order valence-corrected chi connectivity index (χ0v) is 5.77. The first-order valence-electron chi connectivity index (χ1n) is 2.45.